The molecule has 0 radical (unpaired) electrons. The van der Waals surface area contributed by atoms with E-state index in [-0.39, 0.29) is 5.56 Å². The predicted molar refractivity (Wildman–Crippen MR) is 85.7 cm³/mol. The van der Waals surface area contributed by atoms with Gasteiger partial charge in [-0.05, 0) is 49.9 Å². The Hall–Kier alpha value is -1.87. The minimum Gasteiger partial charge on any atom is -0.313 e. The van der Waals surface area contributed by atoms with Crippen LogP contribution in [0, 0.1) is 6.92 Å². The van der Waals surface area contributed by atoms with Gasteiger partial charge in [0.2, 0.25) is 0 Å². The highest BCUT2D eigenvalue weighted by Crippen LogP contribution is 2.28. The quantitative estimate of drug-likeness (QED) is 0.939. The van der Waals surface area contributed by atoms with Crippen LogP contribution in [-0.4, -0.2) is 11.6 Å². The maximum Gasteiger partial charge on any atom is 0.251 e. The Morgan fingerprint density at radius 3 is 2.81 bits per heavy atom. The molecule has 2 aromatic rings. The van der Waals surface area contributed by atoms with E-state index in [9.17, 15) is 4.79 Å². The van der Waals surface area contributed by atoms with Crippen LogP contribution in [0.5, 0.6) is 0 Å². The summed E-state index contributed by atoms with van der Waals surface area (Å²) >= 11 is 0. The summed E-state index contributed by atoms with van der Waals surface area (Å²) in [6.07, 6.45) is 3.28. The van der Waals surface area contributed by atoms with E-state index in [1.54, 1.807) is 6.07 Å². The first-order valence-electron chi connectivity index (χ1n) is 7.65. The first-order valence-corrected chi connectivity index (χ1v) is 7.65. The van der Waals surface area contributed by atoms with Crippen LogP contribution in [0.1, 0.15) is 41.3 Å². The van der Waals surface area contributed by atoms with E-state index in [0.717, 1.165) is 19.3 Å². The number of fused-ring (bicyclic) bond motifs is 1. The molecule has 1 heterocycles. The van der Waals surface area contributed by atoms with Gasteiger partial charge in [0.25, 0.3) is 5.56 Å². The van der Waals surface area contributed by atoms with E-state index in [1.165, 1.54) is 22.4 Å². The molecule has 3 nitrogen and oxygen atoms in total. The Balaban J connectivity index is 2.06. The largest absolute Gasteiger partial charge is 0.313 e. The van der Waals surface area contributed by atoms with Gasteiger partial charge in [-0.15, -0.1) is 0 Å². The molecule has 1 unspecified atom stereocenters. The monoisotopic (exact) mass is 282 g/mol. The second-order valence-corrected chi connectivity index (χ2v) is 5.82. The standard InChI is InChI=1S/C18H22N2O/c1-13-6-3-4-7-14(13)12-20-17-9-5-8-16(19-2)15(17)10-11-18(20)21/h3-4,6-7,10-11,16,19H,5,8-9,12H2,1-2H3. The molecular weight excluding hydrogens is 260 g/mol. The van der Waals surface area contributed by atoms with Crippen LogP contribution in [0.3, 0.4) is 0 Å². The van der Waals surface area contributed by atoms with Crippen molar-refractivity contribution < 1.29 is 0 Å². The van der Waals surface area contributed by atoms with Gasteiger partial charge in [0.05, 0.1) is 6.54 Å². The molecule has 1 N–H and O–H groups in total. The highest BCUT2D eigenvalue weighted by molar-refractivity contribution is 5.31. The third-order valence-corrected chi connectivity index (χ3v) is 4.55. The summed E-state index contributed by atoms with van der Waals surface area (Å²) in [7, 11) is 2.00. The fourth-order valence-electron chi connectivity index (χ4n) is 3.29. The Morgan fingerprint density at radius 1 is 1.24 bits per heavy atom. The first-order chi connectivity index (χ1) is 10.2. The average molecular weight is 282 g/mol. The number of rotatable bonds is 3. The maximum absolute atomic E-state index is 12.3. The van der Waals surface area contributed by atoms with Crippen LogP contribution in [0.4, 0.5) is 0 Å². The zero-order valence-corrected chi connectivity index (χ0v) is 12.7. The van der Waals surface area contributed by atoms with Crippen molar-refractivity contribution in [1.29, 1.82) is 0 Å². The first kappa shape index (κ1) is 14.1. The number of aryl methyl sites for hydroxylation is 1. The van der Waals surface area contributed by atoms with Crippen molar-refractivity contribution in [2.45, 2.75) is 38.8 Å². The van der Waals surface area contributed by atoms with Crippen LogP contribution < -0.4 is 10.9 Å². The Labute approximate surface area is 125 Å². The smallest absolute Gasteiger partial charge is 0.251 e. The molecule has 110 valence electrons. The number of nitrogens with one attached hydrogen (secondary N) is 1. The van der Waals surface area contributed by atoms with E-state index < -0.39 is 0 Å². The van der Waals surface area contributed by atoms with Gasteiger partial charge >= 0.3 is 0 Å². The summed E-state index contributed by atoms with van der Waals surface area (Å²) in [6.45, 7) is 2.78. The lowest BCUT2D eigenvalue weighted by atomic mass is 9.91. The van der Waals surface area contributed by atoms with Crippen molar-refractivity contribution in [3.05, 3.63) is 69.1 Å². The molecule has 0 bridgehead atoms. The predicted octanol–water partition coefficient (Wildman–Crippen LogP) is 2.80. The lowest BCUT2D eigenvalue weighted by Gasteiger charge is -2.27. The summed E-state index contributed by atoms with van der Waals surface area (Å²) in [5.74, 6) is 0. The van der Waals surface area contributed by atoms with Gasteiger partial charge in [-0.3, -0.25) is 4.79 Å². The minimum absolute atomic E-state index is 0.105. The number of hydrogen-bond acceptors (Lipinski definition) is 2. The Morgan fingerprint density at radius 2 is 2.05 bits per heavy atom. The molecule has 0 saturated heterocycles. The number of hydrogen-bond donors (Lipinski definition) is 1. The van der Waals surface area contributed by atoms with Crippen molar-refractivity contribution in [3.8, 4) is 0 Å². The van der Waals surface area contributed by atoms with Crippen LogP contribution >= 0.6 is 0 Å². The van der Waals surface area contributed by atoms with Crippen molar-refractivity contribution in [1.82, 2.24) is 9.88 Å². The molecule has 1 aliphatic rings. The molecule has 1 aliphatic carbocycles. The van der Waals surface area contributed by atoms with Gasteiger partial charge in [-0.25, -0.2) is 0 Å². The van der Waals surface area contributed by atoms with Crippen molar-refractivity contribution in [2.75, 3.05) is 7.05 Å². The lowest BCUT2D eigenvalue weighted by Crippen LogP contribution is -2.30. The topological polar surface area (TPSA) is 34.0 Å². The third-order valence-electron chi connectivity index (χ3n) is 4.55. The Kier molecular flexibility index (Phi) is 3.93. The summed E-state index contributed by atoms with van der Waals surface area (Å²) in [5, 5.41) is 3.37. The van der Waals surface area contributed by atoms with Crippen LogP contribution in [0.25, 0.3) is 0 Å². The molecule has 1 aromatic heterocycles. The van der Waals surface area contributed by atoms with Gasteiger partial charge in [-0.2, -0.15) is 0 Å². The molecule has 0 saturated carbocycles. The number of pyridine rings is 1. The lowest BCUT2D eigenvalue weighted by molar-refractivity contribution is 0.473. The third kappa shape index (κ3) is 2.66. The molecule has 0 aliphatic heterocycles. The van der Waals surface area contributed by atoms with Crippen LogP contribution in [0.15, 0.2) is 41.2 Å². The van der Waals surface area contributed by atoms with E-state index in [4.69, 9.17) is 0 Å². The second-order valence-electron chi connectivity index (χ2n) is 5.82. The van der Waals surface area contributed by atoms with Gasteiger partial charge in [0.15, 0.2) is 0 Å². The second kappa shape index (κ2) is 5.86. The van der Waals surface area contributed by atoms with E-state index in [1.807, 2.05) is 29.8 Å². The molecular formula is C18H22N2O. The van der Waals surface area contributed by atoms with E-state index in [2.05, 4.69) is 24.4 Å². The van der Waals surface area contributed by atoms with E-state index in [0.29, 0.717) is 12.6 Å². The number of nitrogens with zero attached hydrogens (tertiary/aromatic N) is 1. The van der Waals surface area contributed by atoms with E-state index >= 15 is 0 Å². The number of benzene rings is 1. The Bertz CT molecular complexity index is 703. The van der Waals surface area contributed by atoms with Gasteiger partial charge < -0.3 is 9.88 Å². The average Bonchev–Trinajstić information content (AvgIpc) is 2.51. The SMILES string of the molecule is CNC1CCCc2c1ccc(=O)n2Cc1ccccc1C. The molecule has 0 fully saturated rings. The highest BCUT2D eigenvalue weighted by Gasteiger charge is 2.21. The van der Waals surface area contributed by atoms with Crippen molar-refractivity contribution in [2.24, 2.45) is 0 Å². The van der Waals surface area contributed by atoms with Gasteiger partial charge in [-0.1, -0.05) is 30.3 Å². The number of aromatic nitrogens is 1. The molecule has 3 heteroatoms. The molecule has 0 amide bonds. The molecule has 3 rings (SSSR count). The van der Waals surface area contributed by atoms with Crippen molar-refractivity contribution in [3.63, 3.8) is 0 Å². The van der Waals surface area contributed by atoms with Gasteiger partial charge in [0, 0.05) is 17.8 Å². The van der Waals surface area contributed by atoms with Crippen LogP contribution in [-0.2, 0) is 13.0 Å². The van der Waals surface area contributed by atoms with Crippen molar-refractivity contribution >= 4 is 0 Å². The summed E-state index contributed by atoms with van der Waals surface area (Å²) < 4.78 is 1.96. The fourth-order valence-corrected chi connectivity index (χ4v) is 3.29. The summed E-state index contributed by atoms with van der Waals surface area (Å²) in [5.41, 5.74) is 5.06. The molecule has 21 heavy (non-hydrogen) atoms. The summed E-state index contributed by atoms with van der Waals surface area (Å²) in [6, 6.07) is 12.4. The maximum atomic E-state index is 12.3. The highest BCUT2D eigenvalue weighted by atomic mass is 16.1. The fraction of sp³-hybridized carbons (Fsp3) is 0.389. The van der Waals surface area contributed by atoms with Crippen LogP contribution in [0.2, 0.25) is 0 Å². The zero-order chi connectivity index (χ0) is 14.8. The minimum atomic E-state index is 0.105. The normalized spacial score (nSPS) is 17.5. The molecule has 0 spiro atoms. The zero-order valence-electron chi connectivity index (χ0n) is 12.7. The summed E-state index contributed by atoms with van der Waals surface area (Å²) in [4.78, 5) is 12.3. The molecule has 1 aromatic carbocycles. The molecule has 1 atom stereocenters. The van der Waals surface area contributed by atoms with Gasteiger partial charge in [0.1, 0.15) is 0 Å².